The van der Waals surface area contributed by atoms with E-state index in [1.54, 1.807) is 0 Å². The highest BCUT2D eigenvalue weighted by Gasteiger charge is 1.53. The van der Waals surface area contributed by atoms with Crippen LogP contribution in [0.1, 0.15) is 0 Å². The van der Waals surface area contributed by atoms with Gasteiger partial charge in [-0.25, -0.2) is 4.40 Å². The standard InChI is InChI=1S/C2H4N2OS/c5-3-1-2-4-6/h1-2,5-6H. The van der Waals surface area contributed by atoms with Crippen LogP contribution in [0.15, 0.2) is 9.55 Å². The Bertz CT molecular complexity index is 59.9. The zero-order valence-corrected chi connectivity index (χ0v) is 3.84. The lowest BCUT2D eigenvalue weighted by molar-refractivity contribution is 0.322. The molecule has 6 heavy (non-hydrogen) atoms. The zero-order chi connectivity index (χ0) is 4.83. The van der Waals surface area contributed by atoms with Crippen molar-refractivity contribution in [2.45, 2.75) is 0 Å². The molecule has 0 rings (SSSR count). The summed E-state index contributed by atoms with van der Waals surface area (Å²) < 4.78 is 3.19. The molecule has 0 atom stereocenters. The lowest BCUT2D eigenvalue weighted by Crippen LogP contribution is -1.67. The number of hydrogen-bond donors (Lipinski definition) is 2. The number of oxime groups is 1. The van der Waals surface area contributed by atoms with Crippen LogP contribution >= 0.6 is 12.8 Å². The first kappa shape index (κ1) is 5.49. The second-order valence-electron chi connectivity index (χ2n) is 0.529. The van der Waals surface area contributed by atoms with Gasteiger partial charge in [-0.2, -0.15) is 0 Å². The molecule has 0 aromatic rings. The third-order valence-corrected chi connectivity index (χ3v) is 0.333. The minimum atomic E-state index is 1.12. The van der Waals surface area contributed by atoms with E-state index in [1.165, 1.54) is 6.21 Å². The SMILES string of the molecule is ON=CC=NS. The quantitative estimate of drug-likeness (QED) is 0.214. The minimum absolute atomic E-state index is 1.12. The van der Waals surface area contributed by atoms with E-state index in [9.17, 15) is 0 Å². The summed E-state index contributed by atoms with van der Waals surface area (Å²) in [5.74, 6) is 0. The third kappa shape index (κ3) is 3.49. The van der Waals surface area contributed by atoms with E-state index < -0.39 is 0 Å². The van der Waals surface area contributed by atoms with Crippen molar-refractivity contribution in [3.05, 3.63) is 0 Å². The molecule has 0 aliphatic carbocycles. The number of hydrogen-bond acceptors (Lipinski definition) is 4. The Morgan fingerprint density at radius 2 is 2.17 bits per heavy atom. The average molecular weight is 104 g/mol. The summed E-state index contributed by atoms with van der Waals surface area (Å²) in [5.41, 5.74) is 0. The zero-order valence-electron chi connectivity index (χ0n) is 2.94. The van der Waals surface area contributed by atoms with Crippen molar-refractivity contribution in [3.8, 4) is 0 Å². The molecule has 0 aromatic heterocycles. The van der Waals surface area contributed by atoms with Crippen LogP contribution in [0.4, 0.5) is 0 Å². The fourth-order valence-electron chi connectivity index (χ4n) is 0.0596. The van der Waals surface area contributed by atoms with Crippen LogP contribution in [-0.2, 0) is 0 Å². The first-order valence-electron chi connectivity index (χ1n) is 1.25. The van der Waals surface area contributed by atoms with Crippen molar-refractivity contribution in [2.75, 3.05) is 0 Å². The van der Waals surface area contributed by atoms with Crippen molar-refractivity contribution < 1.29 is 5.21 Å². The van der Waals surface area contributed by atoms with Gasteiger partial charge in [-0.05, 0) is 12.8 Å². The molecule has 0 bridgehead atoms. The molecule has 0 aromatic carbocycles. The van der Waals surface area contributed by atoms with Gasteiger partial charge in [0, 0.05) is 0 Å². The van der Waals surface area contributed by atoms with Gasteiger partial charge in [-0.1, -0.05) is 5.16 Å². The topological polar surface area (TPSA) is 45.0 Å². The second kappa shape index (κ2) is 4.49. The molecule has 0 saturated heterocycles. The maximum Gasteiger partial charge on any atom is 0.0850 e. The normalized spacial score (nSPS) is 11.5. The highest BCUT2D eigenvalue weighted by molar-refractivity contribution is 7.79. The largest absolute Gasteiger partial charge is 0.411 e. The highest BCUT2D eigenvalue weighted by atomic mass is 32.1. The fourth-order valence-corrected chi connectivity index (χ4v) is 0.119. The molecule has 0 fully saturated rings. The maximum atomic E-state index is 7.64. The van der Waals surface area contributed by atoms with Gasteiger partial charge in [0.1, 0.15) is 0 Å². The van der Waals surface area contributed by atoms with E-state index >= 15 is 0 Å². The van der Waals surface area contributed by atoms with Crippen LogP contribution < -0.4 is 0 Å². The molecule has 0 aliphatic rings. The third-order valence-electron chi connectivity index (χ3n) is 0.200. The van der Waals surface area contributed by atoms with E-state index in [4.69, 9.17) is 5.21 Å². The fraction of sp³-hybridized carbons (Fsp3) is 0. The average Bonchev–Trinajstić information content (AvgIpc) is 1.61. The smallest absolute Gasteiger partial charge is 0.0850 e. The summed E-state index contributed by atoms with van der Waals surface area (Å²) in [4.78, 5) is 0. The summed E-state index contributed by atoms with van der Waals surface area (Å²) in [6, 6.07) is 0. The van der Waals surface area contributed by atoms with Crippen LogP contribution in [0.2, 0.25) is 0 Å². The monoisotopic (exact) mass is 104 g/mol. The second-order valence-corrected chi connectivity index (χ2v) is 0.760. The van der Waals surface area contributed by atoms with Crippen LogP contribution in [-0.4, -0.2) is 17.6 Å². The summed E-state index contributed by atoms with van der Waals surface area (Å²) in [6.07, 6.45) is 2.37. The molecule has 0 radical (unpaired) electrons. The van der Waals surface area contributed by atoms with Gasteiger partial charge in [-0.3, -0.25) is 0 Å². The van der Waals surface area contributed by atoms with E-state index in [2.05, 4.69) is 22.4 Å². The molecule has 0 saturated carbocycles. The molecule has 0 unspecified atom stereocenters. The van der Waals surface area contributed by atoms with Crippen molar-refractivity contribution in [2.24, 2.45) is 9.55 Å². The minimum Gasteiger partial charge on any atom is -0.411 e. The molecule has 0 spiro atoms. The van der Waals surface area contributed by atoms with Crippen molar-refractivity contribution in [1.82, 2.24) is 0 Å². The summed E-state index contributed by atoms with van der Waals surface area (Å²) in [7, 11) is 0. The Morgan fingerprint density at radius 1 is 1.50 bits per heavy atom. The van der Waals surface area contributed by atoms with Crippen molar-refractivity contribution in [1.29, 1.82) is 0 Å². The molecular weight excluding hydrogens is 100 g/mol. The first-order chi connectivity index (χ1) is 2.91. The Kier molecular flexibility index (Phi) is 4.11. The summed E-state index contributed by atoms with van der Waals surface area (Å²) in [6.45, 7) is 0. The van der Waals surface area contributed by atoms with Crippen LogP contribution in [0.25, 0.3) is 0 Å². The Hall–Kier alpha value is -0.510. The summed E-state index contributed by atoms with van der Waals surface area (Å²) >= 11 is 3.42. The first-order valence-corrected chi connectivity index (χ1v) is 1.65. The van der Waals surface area contributed by atoms with E-state index in [1.807, 2.05) is 0 Å². The van der Waals surface area contributed by atoms with E-state index in [-0.39, 0.29) is 0 Å². The molecule has 0 amide bonds. The molecule has 34 valence electrons. The molecule has 0 heterocycles. The van der Waals surface area contributed by atoms with E-state index in [0.717, 1.165) is 6.21 Å². The van der Waals surface area contributed by atoms with Crippen LogP contribution in [0, 0.1) is 0 Å². The van der Waals surface area contributed by atoms with Crippen LogP contribution in [0.5, 0.6) is 0 Å². The molecular formula is C2H4N2OS. The van der Waals surface area contributed by atoms with E-state index in [0.29, 0.717) is 0 Å². The lowest BCUT2D eigenvalue weighted by atomic mass is 10.8. The molecule has 4 heteroatoms. The Labute approximate surface area is 40.9 Å². The maximum absolute atomic E-state index is 7.64. The Balaban J connectivity index is 3.07. The number of rotatable bonds is 1. The van der Waals surface area contributed by atoms with Gasteiger partial charge in [0.25, 0.3) is 0 Å². The molecule has 1 N–H and O–H groups in total. The number of thiol groups is 1. The van der Waals surface area contributed by atoms with Crippen LogP contribution in [0.3, 0.4) is 0 Å². The van der Waals surface area contributed by atoms with Gasteiger partial charge in [0.2, 0.25) is 0 Å². The Morgan fingerprint density at radius 3 is 2.33 bits per heavy atom. The molecule has 3 nitrogen and oxygen atoms in total. The van der Waals surface area contributed by atoms with Gasteiger partial charge < -0.3 is 5.21 Å². The van der Waals surface area contributed by atoms with Gasteiger partial charge in [0.05, 0.1) is 12.4 Å². The van der Waals surface area contributed by atoms with Gasteiger partial charge in [-0.15, -0.1) is 0 Å². The summed E-state index contributed by atoms with van der Waals surface area (Å²) in [5, 5.41) is 10.2. The predicted molar refractivity (Wildman–Crippen MR) is 27.8 cm³/mol. The highest BCUT2D eigenvalue weighted by Crippen LogP contribution is 1.63. The lowest BCUT2D eigenvalue weighted by Gasteiger charge is -1.62. The number of nitrogens with zero attached hydrogens (tertiary/aromatic N) is 2. The molecule has 0 aliphatic heterocycles. The van der Waals surface area contributed by atoms with Crippen molar-refractivity contribution in [3.63, 3.8) is 0 Å². The van der Waals surface area contributed by atoms with Crippen molar-refractivity contribution >= 4 is 25.2 Å². The predicted octanol–water partition coefficient (Wildman–Crippen LogP) is 0.362. The van der Waals surface area contributed by atoms with Gasteiger partial charge in [0.15, 0.2) is 0 Å². The van der Waals surface area contributed by atoms with Gasteiger partial charge >= 0.3 is 0 Å².